The van der Waals surface area contributed by atoms with Crippen LogP contribution in [0.4, 0.5) is 17.1 Å². The van der Waals surface area contributed by atoms with Crippen molar-refractivity contribution >= 4 is 50.3 Å². The summed E-state index contributed by atoms with van der Waals surface area (Å²) in [6.45, 7) is 1.76. The van der Waals surface area contributed by atoms with E-state index in [1.807, 2.05) is 28.0 Å². The number of fused-ring (bicyclic) bond motifs is 1. The number of ether oxygens (including phenoxy) is 1. The summed E-state index contributed by atoms with van der Waals surface area (Å²) >= 11 is -1.87. The van der Waals surface area contributed by atoms with Gasteiger partial charge in [-0.05, 0) is 49.6 Å². The van der Waals surface area contributed by atoms with E-state index in [2.05, 4.69) is 5.32 Å². The predicted molar refractivity (Wildman–Crippen MR) is 129 cm³/mol. The van der Waals surface area contributed by atoms with Gasteiger partial charge in [0.05, 0.1) is 18.8 Å². The smallest absolute Gasteiger partial charge is 0.265 e. The lowest BCUT2D eigenvalue weighted by Crippen LogP contribution is -2.52. The van der Waals surface area contributed by atoms with Crippen LogP contribution in [0.15, 0.2) is 48.5 Å². The summed E-state index contributed by atoms with van der Waals surface area (Å²) in [6.07, 6.45) is 2.45. The number of carbonyl (C=O) groups excluding carboxylic acids is 2. The van der Waals surface area contributed by atoms with E-state index in [1.54, 1.807) is 18.2 Å². The summed E-state index contributed by atoms with van der Waals surface area (Å²) < 4.78 is 17.4. The van der Waals surface area contributed by atoms with Crippen LogP contribution in [0.3, 0.4) is 0 Å². The number of para-hydroxylation sites is 2. The highest BCUT2D eigenvalue weighted by Crippen LogP contribution is 2.33. The molecule has 2 amide bonds. The highest BCUT2D eigenvalue weighted by Gasteiger charge is 2.34. The van der Waals surface area contributed by atoms with Crippen LogP contribution in [-0.4, -0.2) is 49.0 Å². The number of likely N-dealkylation sites (tertiary alicyclic amines) is 1. The van der Waals surface area contributed by atoms with Crippen LogP contribution in [0.2, 0.25) is 0 Å². The molecule has 0 bridgehead atoms. The van der Waals surface area contributed by atoms with Crippen LogP contribution < -0.4 is 18.2 Å². The number of anilines is 3. The molecule has 1 N–H and O–H groups in total. The minimum atomic E-state index is -1.87. The largest absolute Gasteiger partial charge is 0.748 e. The molecule has 0 saturated carbocycles. The van der Waals surface area contributed by atoms with Crippen molar-refractivity contribution in [2.45, 2.75) is 25.4 Å². The van der Waals surface area contributed by atoms with Crippen molar-refractivity contribution in [3.05, 3.63) is 53.7 Å². The van der Waals surface area contributed by atoms with Crippen molar-refractivity contribution in [3.8, 4) is 5.75 Å². The number of rotatable bonds is 6. The Morgan fingerprint density at radius 1 is 1.12 bits per heavy atom. The Balaban J connectivity index is 1.47. The van der Waals surface area contributed by atoms with E-state index in [1.165, 1.54) is 12.1 Å². The van der Waals surface area contributed by atoms with Crippen molar-refractivity contribution in [1.82, 2.24) is 4.90 Å². The molecule has 2 aromatic rings. The summed E-state index contributed by atoms with van der Waals surface area (Å²) in [5.74, 6) is 0.233. The van der Waals surface area contributed by atoms with E-state index in [0.29, 0.717) is 14.7 Å². The number of nitrogens with zero attached hydrogens (tertiary/aromatic N) is 3. The fraction of sp³-hybridized carbons (Fsp3) is 0.364. The van der Waals surface area contributed by atoms with E-state index in [9.17, 15) is 17.9 Å². The minimum Gasteiger partial charge on any atom is -0.748 e. The fourth-order valence-corrected chi connectivity index (χ4v) is 4.54. The lowest BCUT2D eigenvalue weighted by atomic mass is 10.1. The van der Waals surface area contributed by atoms with Gasteiger partial charge in [0.25, 0.3) is 27.4 Å². The lowest BCUT2D eigenvalue weighted by Gasteiger charge is -2.38. The highest BCUT2D eigenvalue weighted by atomic mass is 127. The molecule has 0 aromatic heterocycles. The first-order chi connectivity index (χ1) is 15.5. The second-order valence-electron chi connectivity index (χ2n) is 7.75. The van der Waals surface area contributed by atoms with Gasteiger partial charge in [-0.25, -0.2) is 3.07 Å². The molecular weight excluding hydrogens is 527 g/mol. The molecule has 0 spiro atoms. The standard InChI is InChI=1S/C22H24IN4O5/c28-21(24-16-7-6-8-17(13-16)27(31)23-30)15-26-14-20(22(29)25-11-4-1-5-12-25)32-19-10-3-2-9-18(19)26/h2-3,6-10,13,20H,1,4-5,11-12,14-15H2,(H,24,28)/q-1. The van der Waals surface area contributed by atoms with Gasteiger partial charge in [-0.1, -0.05) is 18.2 Å². The Labute approximate surface area is 196 Å². The first-order valence-electron chi connectivity index (χ1n) is 10.5. The summed E-state index contributed by atoms with van der Waals surface area (Å²) in [7, 11) is 0. The number of hydrogen-bond donors (Lipinski definition) is 1. The third-order valence-corrected chi connectivity index (χ3v) is 6.45. The van der Waals surface area contributed by atoms with Crippen LogP contribution >= 0.6 is 21.5 Å². The molecule has 32 heavy (non-hydrogen) atoms. The van der Waals surface area contributed by atoms with E-state index >= 15 is 0 Å². The fourth-order valence-electron chi connectivity index (χ4n) is 4.01. The normalized spacial score (nSPS) is 17.8. The lowest BCUT2D eigenvalue weighted by molar-refractivity contribution is -0.139. The molecule has 2 aromatic carbocycles. The van der Waals surface area contributed by atoms with Crippen molar-refractivity contribution in [1.29, 1.82) is 0 Å². The van der Waals surface area contributed by atoms with Gasteiger partial charge in [-0.15, -0.1) is 0 Å². The molecule has 2 aliphatic rings. The van der Waals surface area contributed by atoms with E-state index in [4.69, 9.17) is 4.74 Å². The Bertz CT molecular complexity index is 998. The van der Waals surface area contributed by atoms with Crippen LogP contribution in [-0.2, 0) is 12.7 Å². The number of benzene rings is 2. The van der Waals surface area contributed by atoms with Crippen LogP contribution in [0, 0.1) is 5.21 Å². The molecule has 9 nitrogen and oxygen atoms in total. The quantitative estimate of drug-likeness (QED) is 0.333. The molecule has 2 aliphatic heterocycles. The number of carbonyl (C=O) groups is 2. The van der Waals surface area contributed by atoms with Gasteiger partial charge in [0.2, 0.25) is 5.91 Å². The molecule has 1 unspecified atom stereocenters. The molecule has 4 rings (SSSR count). The van der Waals surface area contributed by atoms with Crippen LogP contribution in [0.25, 0.3) is 0 Å². The molecule has 170 valence electrons. The number of amides is 2. The van der Waals surface area contributed by atoms with Gasteiger partial charge < -0.3 is 28.3 Å². The van der Waals surface area contributed by atoms with Crippen molar-refractivity contribution < 1.29 is 17.4 Å². The van der Waals surface area contributed by atoms with Gasteiger partial charge in [-0.3, -0.25) is 9.59 Å². The molecular formula is C22H24IN4O5-. The molecule has 0 aliphatic carbocycles. The topological polar surface area (TPSA) is 105 Å². The monoisotopic (exact) mass is 551 g/mol. The summed E-state index contributed by atoms with van der Waals surface area (Å²) in [6, 6.07) is 13.7. The van der Waals surface area contributed by atoms with Gasteiger partial charge in [-0.2, -0.15) is 0 Å². The molecule has 1 saturated heterocycles. The van der Waals surface area contributed by atoms with Gasteiger partial charge in [0.15, 0.2) is 6.10 Å². The number of halogens is 1. The number of piperidine rings is 1. The predicted octanol–water partition coefficient (Wildman–Crippen LogP) is 3.44. The van der Waals surface area contributed by atoms with Gasteiger partial charge >= 0.3 is 0 Å². The zero-order valence-corrected chi connectivity index (χ0v) is 19.6. The summed E-state index contributed by atoms with van der Waals surface area (Å²) in [5, 5.41) is 14.4. The zero-order valence-electron chi connectivity index (χ0n) is 17.4. The van der Waals surface area contributed by atoms with E-state index in [0.717, 1.165) is 38.0 Å². The summed E-state index contributed by atoms with van der Waals surface area (Å²) in [5.41, 5.74) is 1.42. The second-order valence-corrected chi connectivity index (χ2v) is 9.02. The Morgan fingerprint density at radius 3 is 2.69 bits per heavy atom. The first-order valence-corrected chi connectivity index (χ1v) is 12.3. The average Bonchev–Trinajstić information content (AvgIpc) is 2.83. The molecule has 2 heterocycles. The molecule has 1 fully saturated rings. The number of nitrogens with one attached hydrogen (secondary N) is 1. The van der Waals surface area contributed by atoms with E-state index in [-0.39, 0.29) is 30.6 Å². The SMILES string of the molecule is O=IN([O-])c1cccc(NC(=O)CN2CC(C(=O)N3CCCCC3)Oc3ccccc32)c1. The first kappa shape index (κ1) is 22.5. The Morgan fingerprint density at radius 2 is 1.91 bits per heavy atom. The molecule has 1 atom stereocenters. The Kier molecular flexibility index (Phi) is 7.20. The Hall–Kier alpha value is -2.73. The van der Waals surface area contributed by atoms with Crippen molar-refractivity contribution in [2.24, 2.45) is 0 Å². The molecule has 0 radical (unpaired) electrons. The average molecular weight is 551 g/mol. The molecule has 10 heteroatoms. The van der Waals surface area contributed by atoms with Gasteiger partial charge in [0.1, 0.15) is 5.75 Å². The maximum absolute atomic E-state index is 13.0. The maximum atomic E-state index is 13.0. The van der Waals surface area contributed by atoms with Crippen molar-refractivity contribution in [2.75, 3.05) is 39.7 Å². The van der Waals surface area contributed by atoms with Gasteiger partial charge in [0, 0.05) is 24.5 Å². The number of hydrogen-bond acceptors (Lipinski definition) is 6. The van der Waals surface area contributed by atoms with Crippen molar-refractivity contribution in [3.63, 3.8) is 0 Å². The maximum Gasteiger partial charge on any atom is 0.265 e. The third kappa shape index (κ3) is 5.18. The van der Waals surface area contributed by atoms with E-state index < -0.39 is 27.6 Å². The summed E-state index contributed by atoms with van der Waals surface area (Å²) in [4.78, 5) is 29.5. The van der Waals surface area contributed by atoms with Crippen LogP contribution in [0.1, 0.15) is 19.3 Å². The third-order valence-electron chi connectivity index (χ3n) is 5.53. The minimum absolute atomic E-state index is 0.0178. The highest BCUT2D eigenvalue weighted by molar-refractivity contribution is 14.1. The van der Waals surface area contributed by atoms with Crippen LogP contribution in [0.5, 0.6) is 5.75 Å². The second kappa shape index (κ2) is 10.3. The zero-order chi connectivity index (χ0) is 22.5.